The third-order valence-electron chi connectivity index (χ3n) is 3.32. The van der Waals surface area contributed by atoms with Gasteiger partial charge in [0.2, 0.25) is 0 Å². The highest BCUT2D eigenvalue weighted by atomic mass is 16.4. The number of carboxylic acids is 1. The van der Waals surface area contributed by atoms with Crippen LogP contribution in [0.4, 0.5) is 5.69 Å². The zero-order valence-electron chi connectivity index (χ0n) is 12.2. The summed E-state index contributed by atoms with van der Waals surface area (Å²) in [5.74, 6) is -1.18. The molecular weight excluding hydrogens is 270 g/mol. The lowest BCUT2D eigenvalue weighted by Gasteiger charge is -2.17. The Balaban J connectivity index is 2.25. The van der Waals surface area contributed by atoms with Gasteiger partial charge in [0.05, 0.1) is 11.3 Å². The number of aromatic nitrogens is 2. The van der Waals surface area contributed by atoms with Crippen molar-refractivity contribution in [3.05, 3.63) is 47.3 Å². The van der Waals surface area contributed by atoms with Gasteiger partial charge in [-0.15, -0.1) is 0 Å². The van der Waals surface area contributed by atoms with E-state index in [-0.39, 0.29) is 11.5 Å². The molecule has 0 radical (unpaired) electrons. The van der Waals surface area contributed by atoms with Crippen molar-refractivity contribution < 1.29 is 14.7 Å². The van der Waals surface area contributed by atoms with Gasteiger partial charge in [0.15, 0.2) is 0 Å². The van der Waals surface area contributed by atoms with Crippen molar-refractivity contribution in [2.24, 2.45) is 7.05 Å². The fraction of sp³-hybridized carbons (Fsp3) is 0.267. The van der Waals surface area contributed by atoms with Gasteiger partial charge in [0.25, 0.3) is 5.91 Å². The number of nitrogens with zero attached hydrogens (tertiary/aromatic N) is 3. The predicted octanol–water partition coefficient (Wildman–Crippen LogP) is 1.96. The topological polar surface area (TPSA) is 75.4 Å². The zero-order chi connectivity index (χ0) is 15.6. The Kier molecular flexibility index (Phi) is 4.07. The van der Waals surface area contributed by atoms with E-state index in [1.54, 1.807) is 37.0 Å². The third kappa shape index (κ3) is 2.94. The molecule has 1 N–H and O–H groups in total. The number of amides is 1. The Morgan fingerprint density at radius 2 is 1.90 bits per heavy atom. The SMILES string of the molecule is CCc1cc(C(=O)N(C)c2ccc(C(=O)O)cc2)n(C)n1. The molecule has 1 heterocycles. The van der Waals surface area contributed by atoms with Crippen LogP contribution in [0.2, 0.25) is 0 Å². The Bertz CT molecular complexity index is 674. The summed E-state index contributed by atoms with van der Waals surface area (Å²) in [6, 6.07) is 7.94. The number of rotatable bonds is 4. The molecule has 6 nitrogen and oxygen atoms in total. The number of carboxylic acid groups (broad SMARTS) is 1. The summed E-state index contributed by atoms with van der Waals surface area (Å²) >= 11 is 0. The van der Waals surface area contributed by atoms with Crippen molar-refractivity contribution >= 4 is 17.6 Å². The lowest BCUT2D eigenvalue weighted by Crippen LogP contribution is -2.28. The first-order chi connectivity index (χ1) is 9.93. The van der Waals surface area contributed by atoms with E-state index in [2.05, 4.69) is 5.10 Å². The van der Waals surface area contributed by atoms with Gasteiger partial charge in [-0.3, -0.25) is 9.48 Å². The predicted molar refractivity (Wildman–Crippen MR) is 78.7 cm³/mol. The minimum Gasteiger partial charge on any atom is -0.478 e. The molecule has 0 unspecified atom stereocenters. The van der Waals surface area contributed by atoms with E-state index in [4.69, 9.17) is 5.11 Å². The fourth-order valence-electron chi connectivity index (χ4n) is 2.02. The summed E-state index contributed by atoms with van der Waals surface area (Å²) in [5, 5.41) is 13.1. The first kappa shape index (κ1) is 14.8. The lowest BCUT2D eigenvalue weighted by atomic mass is 10.2. The molecule has 0 saturated carbocycles. The van der Waals surface area contributed by atoms with Gasteiger partial charge in [0.1, 0.15) is 5.69 Å². The highest BCUT2D eigenvalue weighted by molar-refractivity contribution is 6.04. The van der Waals surface area contributed by atoms with Crippen molar-refractivity contribution in [3.63, 3.8) is 0 Å². The van der Waals surface area contributed by atoms with Crippen molar-refractivity contribution in [1.82, 2.24) is 9.78 Å². The summed E-state index contributed by atoms with van der Waals surface area (Å²) in [4.78, 5) is 24.8. The molecule has 1 aromatic heterocycles. The molecule has 0 fully saturated rings. The van der Waals surface area contributed by atoms with Gasteiger partial charge in [-0.2, -0.15) is 5.10 Å². The van der Waals surface area contributed by atoms with Gasteiger partial charge >= 0.3 is 5.97 Å². The van der Waals surface area contributed by atoms with Crippen molar-refractivity contribution in [2.75, 3.05) is 11.9 Å². The first-order valence-corrected chi connectivity index (χ1v) is 6.58. The summed E-state index contributed by atoms with van der Waals surface area (Å²) in [6.45, 7) is 1.98. The van der Waals surface area contributed by atoms with Crippen LogP contribution in [0.1, 0.15) is 33.5 Å². The minimum absolute atomic E-state index is 0.187. The normalized spacial score (nSPS) is 10.4. The molecule has 0 aliphatic rings. The van der Waals surface area contributed by atoms with Crippen LogP contribution >= 0.6 is 0 Å². The number of anilines is 1. The summed E-state index contributed by atoms with van der Waals surface area (Å²) in [5.41, 5.74) is 2.17. The number of carbonyl (C=O) groups excluding carboxylic acids is 1. The quantitative estimate of drug-likeness (QED) is 0.932. The van der Waals surface area contributed by atoms with Crippen LogP contribution in [0, 0.1) is 0 Å². The molecule has 0 saturated heterocycles. The second kappa shape index (κ2) is 5.78. The lowest BCUT2D eigenvalue weighted by molar-refractivity contribution is 0.0696. The molecule has 2 aromatic rings. The molecule has 6 heteroatoms. The molecule has 110 valence electrons. The monoisotopic (exact) mass is 287 g/mol. The molecular formula is C15H17N3O3. The van der Waals surface area contributed by atoms with Gasteiger partial charge in [-0.1, -0.05) is 6.92 Å². The molecule has 21 heavy (non-hydrogen) atoms. The van der Waals surface area contributed by atoms with E-state index < -0.39 is 5.97 Å². The van der Waals surface area contributed by atoms with E-state index in [0.717, 1.165) is 12.1 Å². The molecule has 0 aliphatic heterocycles. The van der Waals surface area contributed by atoms with E-state index in [1.165, 1.54) is 17.0 Å². The van der Waals surface area contributed by atoms with Gasteiger partial charge < -0.3 is 10.0 Å². The van der Waals surface area contributed by atoms with Crippen LogP contribution in [-0.2, 0) is 13.5 Å². The Morgan fingerprint density at radius 3 is 2.38 bits per heavy atom. The maximum atomic E-state index is 12.5. The summed E-state index contributed by atoms with van der Waals surface area (Å²) in [7, 11) is 3.38. The van der Waals surface area contributed by atoms with Crippen LogP contribution in [-0.4, -0.2) is 33.8 Å². The van der Waals surface area contributed by atoms with E-state index >= 15 is 0 Å². The molecule has 1 amide bonds. The zero-order valence-corrected chi connectivity index (χ0v) is 12.2. The fourth-order valence-corrected chi connectivity index (χ4v) is 2.02. The maximum absolute atomic E-state index is 12.5. The number of benzene rings is 1. The van der Waals surface area contributed by atoms with Crippen molar-refractivity contribution in [1.29, 1.82) is 0 Å². The largest absolute Gasteiger partial charge is 0.478 e. The van der Waals surface area contributed by atoms with Crippen LogP contribution in [0.25, 0.3) is 0 Å². The first-order valence-electron chi connectivity index (χ1n) is 6.58. The molecule has 2 rings (SSSR count). The molecule has 0 atom stereocenters. The Labute approximate surface area is 122 Å². The van der Waals surface area contributed by atoms with Crippen LogP contribution in [0.5, 0.6) is 0 Å². The molecule has 1 aromatic carbocycles. The average molecular weight is 287 g/mol. The Hall–Kier alpha value is -2.63. The van der Waals surface area contributed by atoms with E-state index in [0.29, 0.717) is 11.4 Å². The van der Waals surface area contributed by atoms with Gasteiger partial charge in [-0.25, -0.2) is 4.79 Å². The van der Waals surface area contributed by atoms with Crippen LogP contribution in [0.15, 0.2) is 30.3 Å². The maximum Gasteiger partial charge on any atom is 0.335 e. The standard InChI is InChI=1S/C15H17N3O3/c1-4-11-9-13(18(3)16-11)14(19)17(2)12-7-5-10(6-8-12)15(20)21/h5-9H,4H2,1-3H3,(H,20,21). The van der Waals surface area contributed by atoms with Crippen molar-refractivity contribution in [3.8, 4) is 0 Å². The molecule has 0 aliphatic carbocycles. The average Bonchev–Trinajstić information content (AvgIpc) is 2.87. The number of hydrogen-bond acceptors (Lipinski definition) is 3. The summed E-state index contributed by atoms with van der Waals surface area (Å²) in [6.07, 6.45) is 0.762. The Morgan fingerprint density at radius 1 is 1.29 bits per heavy atom. The highest BCUT2D eigenvalue weighted by Gasteiger charge is 2.18. The van der Waals surface area contributed by atoms with Gasteiger partial charge in [-0.05, 0) is 36.8 Å². The third-order valence-corrected chi connectivity index (χ3v) is 3.32. The summed E-state index contributed by atoms with van der Waals surface area (Å²) < 4.78 is 1.56. The van der Waals surface area contributed by atoms with Gasteiger partial charge in [0, 0.05) is 19.8 Å². The second-order valence-electron chi connectivity index (χ2n) is 4.71. The number of hydrogen-bond donors (Lipinski definition) is 1. The smallest absolute Gasteiger partial charge is 0.335 e. The number of aryl methyl sites for hydroxylation is 2. The van der Waals surface area contributed by atoms with Crippen LogP contribution in [0.3, 0.4) is 0 Å². The van der Waals surface area contributed by atoms with E-state index in [1.807, 2.05) is 6.92 Å². The number of carbonyl (C=O) groups is 2. The van der Waals surface area contributed by atoms with E-state index in [9.17, 15) is 9.59 Å². The second-order valence-corrected chi connectivity index (χ2v) is 4.71. The van der Waals surface area contributed by atoms with Crippen LogP contribution < -0.4 is 4.90 Å². The van der Waals surface area contributed by atoms with Crippen molar-refractivity contribution in [2.45, 2.75) is 13.3 Å². The minimum atomic E-state index is -0.991. The molecule has 0 spiro atoms. The highest BCUT2D eigenvalue weighted by Crippen LogP contribution is 2.17. The number of aromatic carboxylic acids is 1. The molecule has 0 bridgehead atoms.